The van der Waals surface area contributed by atoms with Gasteiger partial charge >= 0.3 is 0 Å². The normalized spacial score (nSPS) is 21.9. The molecular formula is C23H21FN2. The number of halogens is 1. The van der Waals surface area contributed by atoms with E-state index in [0.717, 1.165) is 11.4 Å². The van der Waals surface area contributed by atoms with Gasteiger partial charge in [0.1, 0.15) is 17.2 Å². The number of aliphatic imine (C=N–C) groups is 1. The summed E-state index contributed by atoms with van der Waals surface area (Å²) in [5.41, 5.74) is 3.03. The second-order valence-electron chi connectivity index (χ2n) is 6.86. The number of benzene rings is 3. The molecule has 0 aliphatic carbocycles. The quantitative estimate of drug-likeness (QED) is 0.705. The Morgan fingerprint density at radius 3 is 2.15 bits per heavy atom. The lowest BCUT2D eigenvalue weighted by Gasteiger charge is -2.30. The smallest absolute Gasteiger partial charge is 0.123 e. The third-order valence-electron chi connectivity index (χ3n) is 5.02. The van der Waals surface area contributed by atoms with Crippen molar-refractivity contribution in [2.45, 2.75) is 24.9 Å². The SMILES string of the molecule is CC1(c2ccccc2)N=C(Cc2ccc(F)cc2)NC1c1ccccc1. The fraction of sp³-hybridized carbons (Fsp3) is 0.174. The minimum absolute atomic E-state index is 0.0570. The molecule has 0 saturated carbocycles. The molecule has 0 aromatic heterocycles. The lowest BCUT2D eigenvalue weighted by atomic mass is 9.82. The van der Waals surface area contributed by atoms with Crippen LogP contribution in [0.15, 0.2) is 89.9 Å². The van der Waals surface area contributed by atoms with E-state index in [9.17, 15) is 4.39 Å². The minimum Gasteiger partial charge on any atom is -0.364 e. The van der Waals surface area contributed by atoms with Gasteiger partial charge in [0.15, 0.2) is 0 Å². The van der Waals surface area contributed by atoms with Crippen molar-refractivity contribution in [3.63, 3.8) is 0 Å². The van der Waals surface area contributed by atoms with E-state index in [-0.39, 0.29) is 11.9 Å². The molecule has 0 radical (unpaired) electrons. The van der Waals surface area contributed by atoms with Crippen LogP contribution >= 0.6 is 0 Å². The zero-order valence-corrected chi connectivity index (χ0v) is 14.7. The summed E-state index contributed by atoms with van der Waals surface area (Å²) >= 11 is 0. The molecule has 0 spiro atoms. The fourth-order valence-corrected chi connectivity index (χ4v) is 3.63. The van der Waals surface area contributed by atoms with Gasteiger partial charge in [0.2, 0.25) is 0 Å². The van der Waals surface area contributed by atoms with Crippen LogP contribution in [0.3, 0.4) is 0 Å². The first-order valence-electron chi connectivity index (χ1n) is 8.85. The number of hydrogen-bond acceptors (Lipinski definition) is 2. The Morgan fingerprint density at radius 1 is 0.885 bits per heavy atom. The van der Waals surface area contributed by atoms with Crippen molar-refractivity contribution in [3.05, 3.63) is 107 Å². The lowest BCUT2D eigenvalue weighted by Crippen LogP contribution is -2.33. The summed E-state index contributed by atoms with van der Waals surface area (Å²) < 4.78 is 13.2. The van der Waals surface area contributed by atoms with Gasteiger partial charge in [0, 0.05) is 6.42 Å². The Morgan fingerprint density at radius 2 is 1.50 bits per heavy atom. The van der Waals surface area contributed by atoms with Crippen molar-refractivity contribution >= 4 is 5.84 Å². The van der Waals surface area contributed by atoms with Crippen molar-refractivity contribution in [2.75, 3.05) is 0 Å². The Hall–Kier alpha value is -2.94. The van der Waals surface area contributed by atoms with Gasteiger partial charge in [-0.3, -0.25) is 4.99 Å². The Bertz CT molecular complexity index is 904. The molecule has 0 amide bonds. The summed E-state index contributed by atoms with van der Waals surface area (Å²) in [4.78, 5) is 5.08. The fourth-order valence-electron chi connectivity index (χ4n) is 3.63. The molecular weight excluding hydrogens is 323 g/mol. The highest BCUT2D eigenvalue weighted by molar-refractivity contribution is 5.87. The highest BCUT2D eigenvalue weighted by atomic mass is 19.1. The molecule has 1 aliphatic rings. The minimum atomic E-state index is -0.391. The standard InChI is InChI=1S/C23H21FN2/c1-23(19-10-6-3-7-11-19)22(18-8-4-2-5-9-18)25-21(26-23)16-17-12-14-20(24)15-13-17/h2-15,22H,16H2,1H3,(H,25,26). The summed E-state index contributed by atoms with van der Waals surface area (Å²) in [6.45, 7) is 2.17. The van der Waals surface area contributed by atoms with Crippen LogP contribution in [0.25, 0.3) is 0 Å². The van der Waals surface area contributed by atoms with Gasteiger partial charge in [-0.25, -0.2) is 4.39 Å². The predicted molar refractivity (Wildman–Crippen MR) is 104 cm³/mol. The summed E-state index contributed by atoms with van der Waals surface area (Å²) in [5.74, 6) is 0.711. The number of rotatable bonds is 4. The van der Waals surface area contributed by atoms with Crippen LogP contribution in [0.1, 0.15) is 29.7 Å². The van der Waals surface area contributed by atoms with Gasteiger partial charge < -0.3 is 5.32 Å². The van der Waals surface area contributed by atoms with Crippen molar-refractivity contribution in [3.8, 4) is 0 Å². The maximum Gasteiger partial charge on any atom is 0.123 e. The van der Waals surface area contributed by atoms with Crippen LogP contribution in [0.5, 0.6) is 0 Å². The zero-order valence-electron chi connectivity index (χ0n) is 14.7. The summed E-state index contributed by atoms with van der Waals surface area (Å²) in [5, 5.41) is 3.62. The van der Waals surface area contributed by atoms with E-state index in [1.807, 2.05) is 24.3 Å². The van der Waals surface area contributed by atoms with E-state index in [4.69, 9.17) is 4.99 Å². The number of hydrogen-bond donors (Lipinski definition) is 1. The zero-order chi connectivity index (χ0) is 18.0. The van der Waals surface area contributed by atoms with Gasteiger partial charge in [-0.15, -0.1) is 0 Å². The van der Waals surface area contributed by atoms with E-state index in [0.29, 0.717) is 6.42 Å². The maximum absolute atomic E-state index is 13.2. The second kappa shape index (κ2) is 6.75. The molecule has 2 atom stereocenters. The Balaban J connectivity index is 1.71. The highest BCUT2D eigenvalue weighted by Crippen LogP contribution is 2.42. The van der Waals surface area contributed by atoms with Crippen LogP contribution in [0, 0.1) is 5.82 Å². The molecule has 0 fully saturated rings. The molecule has 1 N–H and O–H groups in total. The van der Waals surface area contributed by atoms with E-state index in [2.05, 4.69) is 60.8 Å². The van der Waals surface area contributed by atoms with Crippen LogP contribution in [0.4, 0.5) is 4.39 Å². The predicted octanol–water partition coefficient (Wildman–Crippen LogP) is 5.03. The van der Waals surface area contributed by atoms with Crippen molar-refractivity contribution in [1.82, 2.24) is 5.32 Å². The van der Waals surface area contributed by atoms with Crippen molar-refractivity contribution in [2.24, 2.45) is 4.99 Å². The van der Waals surface area contributed by atoms with Gasteiger partial charge in [-0.2, -0.15) is 0 Å². The van der Waals surface area contributed by atoms with Crippen LogP contribution in [-0.4, -0.2) is 5.84 Å². The molecule has 26 heavy (non-hydrogen) atoms. The number of nitrogens with zero attached hydrogens (tertiary/aromatic N) is 1. The monoisotopic (exact) mass is 344 g/mol. The van der Waals surface area contributed by atoms with Crippen molar-refractivity contribution in [1.29, 1.82) is 0 Å². The van der Waals surface area contributed by atoms with Crippen LogP contribution in [0.2, 0.25) is 0 Å². The molecule has 2 nitrogen and oxygen atoms in total. The molecule has 3 aromatic rings. The second-order valence-corrected chi connectivity index (χ2v) is 6.86. The average molecular weight is 344 g/mol. The first-order chi connectivity index (χ1) is 12.6. The molecule has 0 bridgehead atoms. The van der Waals surface area contributed by atoms with Gasteiger partial charge in [0.25, 0.3) is 0 Å². The van der Waals surface area contributed by atoms with Crippen LogP contribution < -0.4 is 5.32 Å². The summed E-state index contributed by atoms with van der Waals surface area (Å²) in [6.07, 6.45) is 0.659. The molecule has 4 rings (SSSR count). The molecule has 0 saturated heterocycles. The van der Waals surface area contributed by atoms with E-state index < -0.39 is 5.54 Å². The molecule has 130 valence electrons. The van der Waals surface area contributed by atoms with Gasteiger partial charge in [-0.1, -0.05) is 72.8 Å². The van der Waals surface area contributed by atoms with Gasteiger partial charge in [0.05, 0.1) is 6.04 Å². The molecule has 3 aromatic carbocycles. The van der Waals surface area contributed by atoms with Crippen LogP contribution in [-0.2, 0) is 12.0 Å². The highest BCUT2D eigenvalue weighted by Gasteiger charge is 2.42. The van der Waals surface area contributed by atoms with Gasteiger partial charge in [-0.05, 0) is 35.7 Å². The van der Waals surface area contributed by atoms with E-state index in [1.165, 1.54) is 23.3 Å². The lowest BCUT2D eigenvalue weighted by molar-refractivity contribution is 0.405. The first kappa shape index (κ1) is 16.5. The van der Waals surface area contributed by atoms with Crippen molar-refractivity contribution < 1.29 is 4.39 Å². The molecule has 1 heterocycles. The maximum atomic E-state index is 13.2. The topological polar surface area (TPSA) is 24.4 Å². The third kappa shape index (κ3) is 3.13. The molecule has 1 aliphatic heterocycles. The summed E-state index contributed by atoms with van der Waals surface area (Å²) in [7, 11) is 0. The third-order valence-corrected chi connectivity index (χ3v) is 5.02. The molecule has 3 heteroatoms. The average Bonchev–Trinajstić information content (AvgIpc) is 3.02. The van der Waals surface area contributed by atoms with E-state index >= 15 is 0 Å². The number of amidine groups is 1. The van der Waals surface area contributed by atoms with E-state index in [1.54, 1.807) is 0 Å². The number of nitrogens with one attached hydrogen (secondary N) is 1. The Kier molecular flexibility index (Phi) is 4.29. The molecule has 2 unspecified atom stereocenters. The largest absolute Gasteiger partial charge is 0.364 e. The first-order valence-corrected chi connectivity index (χ1v) is 8.85. The summed E-state index contributed by atoms with van der Waals surface area (Å²) in [6, 6.07) is 27.5. The Labute approximate surface area is 153 Å².